The number of halogens is 1. The lowest BCUT2D eigenvalue weighted by atomic mass is 9.77. The van der Waals surface area contributed by atoms with E-state index in [9.17, 15) is 9.59 Å². The summed E-state index contributed by atoms with van der Waals surface area (Å²) in [6, 6.07) is 25.3. The minimum absolute atomic E-state index is 0.128. The Morgan fingerprint density at radius 3 is 2.42 bits per heavy atom. The number of rotatable bonds is 9. The van der Waals surface area contributed by atoms with E-state index < -0.39 is 0 Å². The fourth-order valence-corrected chi connectivity index (χ4v) is 6.13. The number of hydrogen-bond acceptors (Lipinski definition) is 4. The van der Waals surface area contributed by atoms with Gasteiger partial charge in [-0.2, -0.15) is 0 Å². The number of nitrogens with one attached hydrogen (secondary N) is 2. The van der Waals surface area contributed by atoms with Crippen LogP contribution in [0.25, 0.3) is 0 Å². The highest BCUT2D eigenvalue weighted by Gasteiger charge is 2.47. The van der Waals surface area contributed by atoms with Crippen LogP contribution in [-0.2, 0) is 11.3 Å². The Morgan fingerprint density at radius 1 is 0.975 bits per heavy atom. The summed E-state index contributed by atoms with van der Waals surface area (Å²) in [4.78, 5) is 30.8. The number of nitrogens with zero attached hydrogens (tertiary/aromatic N) is 2. The number of anilines is 1. The number of methoxy groups -OCH3 is 1. The average Bonchev–Trinajstić information content (AvgIpc) is 3.27. The summed E-state index contributed by atoms with van der Waals surface area (Å²) in [6.07, 6.45) is 3.51. The Bertz CT molecular complexity index is 1290. The van der Waals surface area contributed by atoms with Crippen molar-refractivity contribution < 1.29 is 14.3 Å². The van der Waals surface area contributed by atoms with E-state index in [1.165, 1.54) is 5.56 Å². The fraction of sp³-hybridized carbons (Fsp3) is 0.375. The van der Waals surface area contributed by atoms with E-state index in [1.54, 1.807) is 13.2 Å². The van der Waals surface area contributed by atoms with Gasteiger partial charge in [-0.3, -0.25) is 4.79 Å². The molecule has 0 saturated carbocycles. The van der Waals surface area contributed by atoms with E-state index >= 15 is 0 Å². The SMILES string of the molecule is COc1cccc(NC(=O)NC(CCN2CCC3(CC2)CCN(Cc2ccc(Br)cc2)C3=O)c2ccccc2)c1. The van der Waals surface area contributed by atoms with Crippen molar-refractivity contribution in [2.75, 3.05) is 38.6 Å². The molecule has 3 amide bonds. The zero-order valence-electron chi connectivity index (χ0n) is 22.9. The summed E-state index contributed by atoms with van der Waals surface area (Å²) in [5, 5.41) is 6.09. The van der Waals surface area contributed by atoms with Crippen LogP contribution in [0.3, 0.4) is 0 Å². The highest BCUT2D eigenvalue weighted by atomic mass is 79.9. The molecule has 3 aromatic carbocycles. The molecular formula is C32H37BrN4O3. The first-order chi connectivity index (χ1) is 19.4. The fourth-order valence-electron chi connectivity index (χ4n) is 5.87. The van der Waals surface area contributed by atoms with Gasteiger partial charge in [0.25, 0.3) is 0 Å². The van der Waals surface area contributed by atoms with Crippen molar-refractivity contribution in [3.63, 3.8) is 0 Å². The normalized spacial score (nSPS) is 17.6. The molecule has 2 aliphatic heterocycles. The molecule has 210 valence electrons. The van der Waals surface area contributed by atoms with Crippen LogP contribution in [-0.4, -0.2) is 55.0 Å². The van der Waals surface area contributed by atoms with E-state index in [4.69, 9.17) is 4.74 Å². The Balaban J connectivity index is 1.15. The predicted molar refractivity (Wildman–Crippen MR) is 161 cm³/mol. The van der Waals surface area contributed by atoms with E-state index in [2.05, 4.69) is 55.7 Å². The van der Waals surface area contributed by atoms with Gasteiger partial charge in [-0.25, -0.2) is 4.79 Å². The Morgan fingerprint density at radius 2 is 1.70 bits per heavy atom. The van der Waals surface area contributed by atoms with Crippen LogP contribution in [0, 0.1) is 5.41 Å². The summed E-state index contributed by atoms with van der Waals surface area (Å²) >= 11 is 3.48. The van der Waals surface area contributed by atoms with Crippen LogP contribution in [0.4, 0.5) is 10.5 Å². The number of ether oxygens (including phenoxy) is 1. The maximum absolute atomic E-state index is 13.5. The number of carbonyl (C=O) groups is 2. The van der Waals surface area contributed by atoms with Crippen molar-refractivity contribution in [2.45, 2.75) is 38.3 Å². The van der Waals surface area contributed by atoms with Crippen LogP contribution in [0.1, 0.15) is 42.9 Å². The standard InChI is InChI=1S/C32H37BrN4O3/c1-40-28-9-5-8-27(22-28)34-31(39)35-29(25-6-3-2-4-7-25)14-18-36-19-15-32(16-20-36)17-21-37(30(32)38)23-24-10-12-26(33)13-11-24/h2-13,22,29H,14-21,23H2,1H3,(H2,34,35,39). The molecule has 1 atom stereocenters. The summed E-state index contributed by atoms with van der Waals surface area (Å²) in [6.45, 7) is 4.16. The van der Waals surface area contributed by atoms with Crippen LogP contribution >= 0.6 is 15.9 Å². The second-order valence-electron chi connectivity index (χ2n) is 10.8. The third kappa shape index (κ3) is 6.85. The monoisotopic (exact) mass is 604 g/mol. The summed E-state index contributed by atoms with van der Waals surface area (Å²) in [5.41, 5.74) is 2.70. The molecule has 2 aliphatic rings. The summed E-state index contributed by atoms with van der Waals surface area (Å²) in [7, 11) is 1.61. The lowest BCUT2D eigenvalue weighted by molar-refractivity contribution is -0.138. The zero-order valence-corrected chi connectivity index (χ0v) is 24.5. The Hall–Kier alpha value is -3.36. The molecule has 2 heterocycles. The number of benzene rings is 3. The first kappa shape index (κ1) is 28.2. The number of amides is 3. The average molecular weight is 606 g/mol. The molecule has 8 heteroatoms. The molecule has 1 unspecified atom stereocenters. The second-order valence-corrected chi connectivity index (χ2v) is 11.7. The first-order valence-corrected chi connectivity index (χ1v) is 14.8. The number of piperidine rings is 1. The molecule has 2 fully saturated rings. The highest BCUT2D eigenvalue weighted by Crippen LogP contribution is 2.42. The van der Waals surface area contributed by atoms with Crippen LogP contribution < -0.4 is 15.4 Å². The molecule has 1 spiro atoms. The van der Waals surface area contributed by atoms with Crippen molar-refractivity contribution in [3.05, 3.63) is 94.5 Å². The number of likely N-dealkylation sites (tertiary alicyclic amines) is 2. The minimum Gasteiger partial charge on any atom is -0.497 e. The minimum atomic E-state index is -0.248. The highest BCUT2D eigenvalue weighted by molar-refractivity contribution is 9.10. The number of carbonyl (C=O) groups excluding carboxylic acids is 2. The van der Waals surface area contributed by atoms with Gasteiger partial charge in [-0.05, 0) is 74.2 Å². The largest absolute Gasteiger partial charge is 0.497 e. The van der Waals surface area contributed by atoms with Crippen LogP contribution in [0.2, 0.25) is 0 Å². The van der Waals surface area contributed by atoms with Gasteiger partial charge in [0.05, 0.1) is 18.6 Å². The van der Waals surface area contributed by atoms with Gasteiger partial charge in [-0.1, -0.05) is 64.5 Å². The Labute approximate surface area is 245 Å². The lowest BCUT2D eigenvalue weighted by Gasteiger charge is -2.38. The third-order valence-corrected chi connectivity index (χ3v) is 8.80. The van der Waals surface area contributed by atoms with E-state index in [1.807, 2.05) is 53.4 Å². The van der Waals surface area contributed by atoms with Crippen LogP contribution in [0.5, 0.6) is 5.75 Å². The summed E-state index contributed by atoms with van der Waals surface area (Å²) in [5.74, 6) is 1.01. The van der Waals surface area contributed by atoms with Gasteiger partial charge in [0.1, 0.15) is 5.75 Å². The molecule has 5 rings (SSSR count). The van der Waals surface area contributed by atoms with Crippen molar-refractivity contribution in [3.8, 4) is 5.75 Å². The molecule has 0 aromatic heterocycles. The van der Waals surface area contributed by atoms with E-state index in [0.29, 0.717) is 23.9 Å². The van der Waals surface area contributed by atoms with Gasteiger partial charge in [0.15, 0.2) is 0 Å². The maximum Gasteiger partial charge on any atom is 0.319 e. The molecule has 3 aromatic rings. The van der Waals surface area contributed by atoms with Gasteiger partial charge in [0.2, 0.25) is 5.91 Å². The number of urea groups is 1. The third-order valence-electron chi connectivity index (χ3n) is 8.27. The smallest absolute Gasteiger partial charge is 0.319 e. The molecule has 7 nitrogen and oxygen atoms in total. The van der Waals surface area contributed by atoms with Crippen molar-refractivity contribution in [1.82, 2.24) is 15.1 Å². The van der Waals surface area contributed by atoms with Gasteiger partial charge < -0.3 is 25.2 Å². The maximum atomic E-state index is 13.5. The predicted octanol–water partition coefficient (Wildman–Crippen LogP) is 6.23. The quantitative estimate of drug-likeness (QED) is 0.304. The first-order valence-electron chi connectivity index (χ1n) is 14.0. The molecule has 40 heavy (non-hydrogen) atoms. The molecule has 0 radical (unpaired) electrons. The lowest BCUT2D eigenvalue weighted by Crippen LogP contribution is -2.45. The van der Waals surface area contributed by atoms with Crippen molar-refractivity contribution in [1.29, 1.82) is 0 Å². The zero-order chi connectivity index (χ0) is 28.0. The molecule has 2 saturated heterocycles. The van der Waals surface area contributed by atoms with Gasteiger partial charge in [-0.15, -0.1) is 0 Å². The summed E-state index contributed by atoms with van der Waals surface area (Å²) < 4.78 is 6.32. The van der Waals surface area contributed by atoms with Gasteiger partial charge >= 0.3 is 6.03 Å². The molecular weight excluding hydrogens is 568 g/mol. The van der Waals surface area contributed by atoms with E-state index in [-0.39, 0.29) is 17.5 Å². The second kappa shape index (κ2) is 12.9. The van der Waals surface area contributed by atoms with Crippen LogP contribution in [0.15, 0.2) is 83.3 Å². The van der Waals surface area contributed by atoms with Crippen molar-refractivity contribution in [2.24, 2.45) is 5.41 Å². The number of hydrogen-bond donors (Lipinski definition) is 2. The molecule has 0 bridgehead atoms. The van der Waals surface area contributed by atoms with Crippen molar-refractivity contribution >= 4 is 33.6 Å². The topological polar surface area (TPSA) is 73.9 Å². The van der Waals surface area contributed by atoms with E-state index in [0.717, 1.165) is 61.9 Å². The Kier molecular flexibility index (Phi) is 9.07. The molecule has 2 N–H and O–H groups in total. The molecule has 0 aliphatic carbocycles. The van der Waals surface area contributed by atoms with Gasteiger partial charge in [0, 0.05) is 35.9 Å².